The van der Waals surface area contributed by atoms with Crippen LogP contribution in [0.25, 0.3) is 0 Å². The van der Waals surface area contributed by atoms with Crippen molar-refractivity contribution < 1.29 is 4.79 Å². The Morgan fingerprint density at radius 1 is 1.31 bits per heavy atom. The Labute approximate surface area is 97.3 Å². The predicted molar refractivity (Wildman–Crippen MR) is 64.0 cm³/mol. The fourth-order valence-corrected chi connectivity index (χ4v) is 1.95. The van der Waals surface area contributed by atoms with E-state index in [2.05, 4.69) is 32.7 Å². The molecule has 0 aromatic carbocycles. The number of hydrogen-bond acceptors (Lipinski definition) is 2. The van der Waals surface area contributed by atoms with Gasteiger partial charge >= 0.3 is 0 Å². The van der Waals surface area contributed by atoms with Crippen LogP contribution in [0.4, 0.5) is 0 Å². The number of rotatable bonds is 5. The van der Waals surface area contributed by atoms with Gasteiger partial charge in [0, 0.05) is 37.4 Å². The molecule has 0 aliphatic heterocycles. The molecule has 1 rings (SSSR count). The van der Waals surface area contributed by atoms with Crippen molar-refractivity contribution in [3.05, 3.63) is 18.7 Å². The van der Waals surface area contributed by atoms with Crippen LogP contribution in [0.1, 0.15) is 34.1 Å². The number of imidazole rings is 1. The lowest BCUT2D eigenvalue weighted by Crippen LogP contribution is -2.42. The van der Waals surface area contributed by atoms with Crippen LogP contribution in [-0.2, 0) is 11.3 Å². The van der Waals surface area contributed by atoms with Gasteiger partial charge in [-0.05, 0) is 27.7 Å². The summed E-state index contributed by atoms with van der Waals surface area (Å²) in [5.74, 6) is 0.207. The summed E-state index contributed by atoms with van der Waals surface area (Å²) in [5, 5.41) is 0. The Kier molecular flexibility index (Phi) is 4.52. The van der Waals surface area contributed by atoms with E-state index in [1.807, 2.05) is 15.7 Å². The highest BCUT2D eigenvalue weighted by molar-refractivity contribution is 5.76. The zero-order valence-electron chi connectivity index (χ0n) is 10.6. The van der Waals surface area contributed by atoms with Crippen LogP contribution in [0.5, 0.6) is 0 Å². The highest BCUT2D eigenvalue weighted by Gasteiger charge is 2.19. The molecule has 0 saturated heterocycles. The zero-order valence-corrected chi connectivity index (χ0v) is 10.6. The summed E-state index contributed by atoms with van der Waals surface area (Å²) in [6, 6.07) is 0.519. The maximum atomic E-state index is 12.0. The van der Waals surface area contributed by atoms with E-state index in [-0.39, 0.29) is 18.0 Å². The lowest BCUT2D eigenvalue weighted by molar-refractivity contribution is -0.135. The summed E-state index contributed by atoms with van der Waals surface area (Å²) in [5.41, 5.74) is 0. The van der Waals surface area contributed by atoms with Gasteiger partial charge in [-0.3, -0.25) is 4.79 Å². The van der Waals surface area contributed by atoms with Crippen LogP contribution in [0.3, 0.4) is 0 Å². The molecule has 1 heterocycles. The number of carbonyl (C=O) groups excluding carboxylic acids is 1. The van der Waals surface area contributed by atoms with Crippen molar-refractivity contribution in [2.45, 2.75) is 52.7 Å². The quantitative estimate of drug-likeness (QED) is 0.765. The summed E-state index contributed by atoms with van der Waals surface area (Å²) < 4.78 is 1.93. The van der Waals surface area contributed by atoms with Gasteiger partial charge < -0.3 is 9.47 Å². The summed E-state index contributed by atoms with van der Waals surface area (Å²) in [6.45, 7) is 8.91. The van der Waals surface area contributed by atoms with Crippen molar-refractivity contribution in [3.63, 3.8) is 0 Å². The highest BCUT2D eigenvalue weighted by Crippen LogP contribution is 2.08. The van der Waals surface area contributed by atoms with E-state index in [1.165, 1.54) is 0 Å². The van der Waals surface area contributed by atoms with Gasteiger partial charge in [-0.2, -0.15) is 0 Å². The van der Waals surface area contributed by atoms with E-state index in [4.69, 9.17) is 0 Å². The molecule has 1 aromatic rings. The lowest BCUT2D eigenvalue weighted by atomic mass is 10.2. The molecule has 0 spiro atoms. The van der Waals surface area contributed by atoms with Gasteiger partial charge in [0.05, 0.1) is 6.33 Å². The van der Waals surface area contributed by atoms with Gasteiger partial charge in [0.2, 0.25) is 5.91 Å². The van der Waals surface area contributed by atoms with Gasteiger partial charge in [0.15, 0.2) is 0 Å². The van der Waals surface area contributed by atoms with E-state index >= 15 is 0 Å². The molecule has 1 amide bonds. The summed E-state index contributed by atoms with van der Waals surface area (Å²) in [7, 11) is 0. The van der Waals surface area contributed by atoms with Crippen LogP contribution < -0.4 is 0 Å². The number of hydrogen-bond donors (Lipinski definition) is 0. The summed E-state index contributed by atoms with van der Waals surface area (Å²) in [4.78, 5) is 17.9. The molecule has 1 aromatic heterocycles. The first-order valence-corrected chi connectivity index (χ1v) is 5.79. The third kappa shape index (κ3) is 3.36. The zero-order chi connectivity index (χ0) is 12.1. The second-order valence-electron chi connectivity index (χ2n) is 4.54. The van der Waals surface area contributed by atoms with E-state index in [0.29, 0.717) is 13.0 Å². The largest absolute Gasteiger partial charge is 0.338 e. The number of aromatic nitrogens is 2. The van der Waals surface area contributed by atoms with E-state index < -0.39 is 0 Å². The minimum Gasteiger partial charge on any atom is -0.338 e. The molecular weight excluding hydrogens is 202 g/mol. The minimum absolute atomic E-state index is 0.207. The Morgan fingerprint density at radius 2 is 1.94 bits per heavy atom. The van der Waals surface area contributed by atoms with Gasteiger partial charge in [0.1, 0.15) is 0 Å². The molecular formula is C12H21N3O. The van der Waals surface area contributed by atoms with Crippen LogP contribution >= 0.6 is 0 Å². The van der Waals surface area contributed by atoms with Crippen molar-refractivity contribution >= 4 is 5.91 Å². The molecule has 4 heteroatoms. The molecule has 0 aliphatic rings. The molecule has 0 radical (unpaired) electrons. The molecule has 0 N–H and O–H groups in total. The van der Waals surface area contributed by atoms with Crippen molar-refractivity contribution in [1.29, 1.82) is 0 Å². The lowest BCUT2D eigenvalue weighted by Gasteiger charge is -2.30. The van der Waals surface area contributed by atoms with E-state index in [0.717, 1.165) is 0 Å². The van der Waals surface area contributed by atoms with Crippen LogP contribution in [0, 0.1) is 0 Å². The van der Waals surface area contributed by atoms with Crippen LogP contribution in [0.15, 0.2) is 18.7 Å². The second-order valence-corrected chi connectivity index (χ2v) is 4.54. The standard InChI is InChI=1S/C12H21N3O/c1-10(2)15(11(3)4)12(16)5-7-14-8-6-13-9-14/h6,8-11H,5,7H2,1-4H3. The first-order valence-electron chi connectivity index (χ1n) is 5.79. The number of aryl methyl sites for hydroxylation is 1. The van der Waals surface area contributed by atoms with Crippen LogP contribution in [0.2, 0.25) is 0 Å². The van der Waals surface area contributed by atoms with E-state index in [1.54, 1.807) is 12.5 Å². The molecule has 90 valence electrons. The average Bonchev–Trinajstić information content (AvgIpc) is 2.65. The Morgan fingerprint density at radius 3 is 2.38 bits per heavy atom. The summed E-state index contributed by atoms with van der Waals surface area (Å²) >= 11 is 0. The van der Waals surface area contributed by atoms with Gasteiger partial charge in [-0.1, -0.05) is 0 Å². The monoisotopic (exact) mass is 223 g/mol. The predicted octanol–water partition coefficient (Wildman–Crippen LogP) is 1.92. The number of nitrogens with zero attached hydrogens (tertiary/aromatic N) is 3. The Bertz CT molecular complexity index is 309. The first-order chi connectivity index (χ1) is 7.52. The van der Waals surface area contributed by atoms with Gasteiger partial charge in [-0.15, -0.1) is 0 Å². The fourth-order valence-electron chi connectivity index (χ4n) is 1.95. The molecule has 0 saturated carbocycles. The number of amides is 1. The Hall–Kier alpha value is -1.32. The first kappa shape index (κ1) is 12.7. The maximum Gasteiger partial charge on any atom is 0.224 e. The molecule has 16 heavy (non-hydrogen) atoms. The molecule has 0 bridgehead atoms. The van der Waals surface area contributed by atoms with Crippen molar-refractivity contribution in [2.75, 3.05) is 0 Å². The smallest absolute Gasteiger partial charge is 0.224 e. The van der Waals surface area contributed by atoms with Gasteiger partial charge in [-0.25, -0.2) is 4.98 Å². The highest BCUT2D eigenvalue weighted by atomic mass is 16.2. The van der Waals surface area contributed by atoms with Crippen molar-refractivity contribution in [1.82, 2.24) is 14.5 Å². The molecule has 0 fully saturated rings. The normalized spacial score (nSPS) is 11.1. The second kappa shape index (κ2) is 5.68. The third-order valence-electron chi connectivity index (χ3n) is 2.54. The van der Waals surface area contributed by atoms with Crippen molar-refractivity contribution in [2.24, 2.45) is 0 Å². The maximum absolute atomic E-state index is 12.0. The Balaban J connectivity index is 2.50. The molecule has 4 nitrogen and oxygen atoms in total. The topological polar surface area (TPSA) is 38.1 Å². The molecule has 0 aliphatic carbocycles. The van der Waals surface area contributed by atoms with Crippen molar-refractivity contribution in [3.8, 4) is 0 Å². The summed E-state index contributed by atoms with van der Waals surface area (Å²) in [6.07, 6.45) is 5.88. The average molecular weight is 223 g/mol. The van der Waals surface area contributed by atoms with E-state index in [9.17, 15) is 4.79 Å². The minimum atomic E-state index is 0.207. The number of carbonyl (C=O) groups is 1. The van der Waals surface area contributed by atoms with Crippen LogP contribution in [-0.4, -0.2) is 32.4 Å². The molecule has 0 unspecified atom stereocenters. The van der Waals surface area contributed by atoms with Gasteiger partial charge in [0.25, 0.3) is 0 Å². The SMILES string of the molecule is CC(C)N(C(=O)CCn1ccnc1)C(C)C. The fraction of sp³-hybridized carbons (Fsp3) is 0.667. The molecule has 0 atom stereocenters. The third-order valence-corrected chi connectivity index (χ3v) is 2.54.